The lowest BCUT2D eigenvalue weighted by Crippen LogP contribution is -2.28. The number of aromatic nitrogens is 1. The topological polar surface area (TPSA) is 19.1 Å². The zero-order valence-electron chi connectivity index (χ0n) is 18.4. The molecule has 0 amide bonds. The molecule has 3 rings (SSSR count). The first-order valence-electron chi connectivity index (χ1n) is 10.3. The number of thiazole rings is 1. The van der Waals surface area contributed by atoms with Crippen molar-refractivity contribution in [3.8, 4) is 0 Å². The molecule has 0 aliphatic rings. The largest absolute Gasteiger partial charge is 0.394 e. The molecule has 0 bridgehead atoms. The minimum absolute atomic E-state index is 0.995. The van der Waals surface area contributed by atoms with E-state index in [-0.39, 0.29) is 0 Å². The van der Waals surface area contributed by atoms with Gasteiger partial charge in [-0.25, -0.2) is 0 Å². The van der Waals surface area contributed by atoms with Crippen molar-refractivity contribution in [3.63, 3.8) is 0 Å². The van der Waals surface area contributed by atoms with Crippen LogP contribution in [-0.4, -0.2) is 26.4 Å². The number of hydrogen-bond acceptors (Lipinski definition) is 4. The van der Waals surface area contributed by atoms with Crippen LogP contribution in [0.3, 0.4) is 0 Å². The average molecular weight is 449 g/mol. The predicted molar refractivity (Wildman–Crippen MR) is 139 cm³/mol. The summed E-state index contributed by atoms with van der Waals surface area (Å²) in [7, 11) is 6.20. The predicted octanol–water partition coefficient (Wildman–Crippen LogP) is 5.81. The maximum atomic E-state index is 3.78. The molecule has 160 valence electrons. The van der Waals surface area contributed by atoms with Gasteiger partial charge in [0.2, 0.25) is 5.52 Å². The van der Waals surface area contributed by atoms with Crippen molar-refractivity contribution in [2.75, 3.05) is 31.3 Å². The molecule has 0 aliphatic heterocycles. The highest BCUT2D eigenvalue weighted by atomic mass is 32.2. The molecule has 0 atom stereocenters. The molecule has 1 heterocycles. The number of thioether (sulfide) groups is 1. The van der Waals surface area contributed by atoms with Crippen LogP contribution < -0.4 is 14.8 Å². The molecule has 5 heteroatoms. The second kappa shape index (κ2) is 11.6. The number of nitrogens with one attached hydrogen (secondary N) is 1. The summed E-state index contributed by atoms with van der Waals surface area (Å²) in [5.74, 6) is 1.05. The van der Waals surface area contributed by atoms with Gasteiger partial charge in [0.15, 0.2) is 0 Å². The Morgan fingerprint density at radius 3 is 2.65 bits per heavy atom. The quantitative estimate of drug-likeness (QED) is 0.240. The molecule has 0 saturated heterocycles. The highest BCUT2D eigenvalue weighted by molar-refractivity contribution is 8.01. The molecule has 1 aromatic heterocycles. The third kappa shape index (κ3) is 6.36. The molecule has 3 nitrogen and oxygen atoms in total. The molecule has 2 aromatic carbocycles. The number of nitrogens with zero attached hydrogens (tertiary/aromatic N) is 2. The van der Waals surface area contributed by atoms with E-state index in [9.17, 15) is 0 Å². The highest BCUT2D eigenvalue weighted by Gasteiger charge is 2.16. The lowest BCUT2D eigenvalue weighted by molar-refractivity contribution is -0.676. The van der Waals surface area contributed by atoms with Crippen molar-refractivity contribution in [1.29, 1.82) is 0 Å². The summed E-state index contributed by atoms with van der Waals surface area (Å²) in [5.41, 5.74) is 4.81. The maximum absolute atomic E-state index is 3.78. The number of fused-ring (bicyclic) bond motifs is 1. The number of benzene rings is 2. The van der Waals surface area contributed by atoms with E-state index in [4.69, 9.17) is 0 Å². The van der Waals surface area contributed by atoms with Crippen LogP contribution in [-0.2, 0) is 7.05 Å². The van der Waals surface area contributed by atoms with Gasteiger partial charge >= 0.3 is 0 Å². The number of para-hydroxylation sites is 1. The van der Waals surface area contributed by atoms with Crippen molar-refractivity contribution >= 4 is 45.1 Å². The number of anilines is 1. The van der Waals surface area contributed by atoms with Gasteiger partial charge in [0.05, 0.1) is 0 Å². The first kappa shape index (κ1) is 22.9. The molecule has 0 fully saturated rings. The second-order valence-corrected chi connectivity index (χ2v) is 9.49. The van der Waals surface area contributed by atoms with E-state index >= 15 is 0 Å². The van der Waals surface area contributed by atoms with E-state index in [1.807, 2.05) is 48.5 Å². The van der Waals surface area contributed by atoms with Gasteiger partial charge in [-0.3, -0.25) is 0 Å². The Labute approximate surface area is 194 Å². The molecule has 0 radical (unpaired) electrons. The van der Waals surface area contributed by atoms with Crippen LogP contribution in [0.4, 0.5) is 5.69 Å². The molecule has 0 unspecified atom stereocenters. The summed E-state index contributed by atoms with van der Waals surface area (Å²) >= 11 is 3.79. The zero-order chi connectivity index (χ0) is 22.1. The van der Waals surface area contributed by atoms with E-state index in [1.54, 1.807) is 6.08 Å². The van der Waals surface area contributed by atoms with Crippen molar-refractivity contribution in [2.45, 2.75) is 4.34 Å². The number of hydrogen-bond donors (Lipinski definition) is 1. The number of allylic oxidation sites excluding steroid dienone is 5. The first-order valence-corrected chi connectivity index (χ1v) is 12.1. The van der Waals surface area contributed by atoms with Gasteiger partial charge < -0.3 is 10.2 Å². The number of rotatable bonds is 10. The Kier molecular flexibility index (Phi) is 8.56. The van der Waals surface area contributed by atoms with Gasteiger partial charge in [0.25, 0.3) is 4.34 Å². The van der Waals surface area contributed by atoms with Crippen molar-refractivity contribution in [2.24, 2.45) is 7.05 Å². The van der Waals surface area contributed by atoms with E-state index in [0.717, 1.165) is 17.9 Å². The van der Waals surface area contributed by atoms with Crippen molar-refractivity contribution in [1.82, 2.24) is 5.32 Å². The molecular formula is C26H30N3S2+. The second-order valence-electron chi connectivity index (χ2n) is 7.11. The summed E-state index contributed by atoms with van der Waals surface area (Å²) in [6.07, 6.45) is 11.9. The highest BCUT2D eigenvalue weighted by Crippen LogP contribution is 2.27. The van der Waals surface area contributed by atoms with Crippen LogP contribution >= 0.6 is 23.1 Å². The third-order valence-electron chi connectivity index (χ3n) is 4.90. The minimum atomic E-state index is 0.995. The SMILES string of the molecule is C=CC=C(C=CNC)C=Cc1ccc(N(C)CCSc2sc3ccccc3[n+]2C)cc1. The molecular weight excluding hydrogens is 418 g/mol. The van der Waals surface area contributed by atoms with Gasteiger partial charge in [0.1, 0.15) is 11.7 Å². The fourth-order valence-corrected chi connectivity index (χ4v) is 5.59. The molecule has 0 saturated carbocycles. The third-order valence-corrected chi connectivity index (χ3v) is 7.43. The Balaban J connectivity index is 1.56. The standard InChI is InChI=1S/C26H30N3S2/c1-5-8-21(17-18-27-2)11-12-22-13-15-23(16-14-22)28(3)19-20-30-26-29(4)24-9-6-7-10-25(24)31-26/h5-18,27H,1,19-20H2,2-4H3/q+1. The van der Waals surface area contributed by atoms with E-state index in [1.165, 1.54) is 25.8 Å². The number of aryl methyl sites for hydroxylation is 1. The summed E-state index contributed by atoms with van der Waals surface area (Å²) in [6, 6.07) is 17.3. The van der Waals surface area contributed by atoms with E-state index in [0.29, 0.717) is 0 Å². The smallest absolute Gasteiger partial charge is 0.298 e. The monoisotopic (exact) mass is 448 g/mol. The van der Waals surface area contributed by atoms with E-state index < -0.39 is 0 Å². The van der Waals surface area contributed by atoms with Crippen LogP contribution in [0.5, 0.6) is 0 Å². The van der Waals surface area contributed by atoms with Crippen LogP contribution in [0.25, 0.3) is 16.3 Å². The van der Waals surface area contributed by atoms with Gasteiger partial charge in [-0.2, -0.15) is 4.57 Å². The molecule has 0 aliphatic carbocycles. The molecule has 1 N–H and O–H groups in total. The van der Waals surface area contributed by atoms with Gasteiger partial charge in [-0.1, -0.05) is 66.5 Å². The van der Waals surface area contributed by atoms with Crippen molar-refractivity contribution in [3.05, 3.63) is 96.8 Å². The zero-order valence-corrected chi connectivity index (χ0v) is 20.0. The average Bonchev–Trinajstić information content (AvgIpc) is 3.11. The van der Waals surface area contributed by atoms with E-state index in [2.05, 4.69) is 96.1 Å². The lowest BCUT2D eigenvalue weighted by atomic mass is 10.1. The molecule has 31 heavy (non-hydrogen) atoms. The Morgan fingerprint density at radius 2 is 1.94 bits per heavy atom. The van der Waals surface area contributed by atoms with Crippen LogP contribution in [0, 0.1) is 0 Å². The van der Waals surface area contributed by atoms with Crippen molar-refractivity contribution < 1.29 is 4.57 Å². The van der Waals surface area contributed by atoms with Gasteiger partial charge in [0, 0.05) is 38.1 Å². The maximum Gasteiger partial charge on any atom is 0.298 e. The minimum Gasteiger partial charge on any atom is -0.394 e. The molecule has 3 aromatic rings. The summed E-state index contributed by atoms with van der Waals surface area (Å²) in [4.78, 5) is 2.31. The van der Waals surface area contributed by atoms with Gasteiger partial charge in [-0.15, -0.1) is 0 Å². The Hall–Kier alpha value is -2.76. The molecule has 0 spiro atoms. The Bertz CT molecular complexity index is 1090. The van der Waals surface area contributed by atoms with Crippen LogP contribution in [0.1, 0.15) is 5.56 Å². The van der Waals surface area contributed by atoms with Crippen LogP contribution in [0.2, 0.25) is 0 Å². The van der Waals surface area contributed by atoms with Crippen LogP contribution in [0.15, 0.2) is 95.5 Å². The fourth-order valence-electron chi connectivity index (χ4n) is 3.12. The van der Waals surface area contributed by atoms with Gasteiger partial charge in [-0.05, 0) is 53.4 Å². The summed E-state index contributed by atoms with van der Waals surface area (Å²) < 4.78 is 5.00. The normalized spacial score (nSPS) is 12.2. The summed E-state index contributed by atoms with van der Waals surface area (Å²) in [5, 5.41) is 3.01. The summed E-state index contributed by atoms with van der Waals surface area (Å²) in [6.45, 7) is 4.78. The Morgan fingerprint density at radius 1 is 1.16 bits per heavy atom. The first-order chi connectivity index (χ1) is 15.1. The lowest BCUT2D eigenvalue weighted by Gasteiger charge is -2.18. The fraction of sp³-hybridized carbons (Fsp3) is 0.192.